The minimum Gasteiger partial charge on any atom is -0.445 e. The molecule has 0 bridgehead atoms. The Kier molecular flexibility index (Phi) is 15.5. The van der Waals surface area contributed by atoms with Crippen molar-refractivity contribution in [1.82, 2.24) is 5.32 Å². The van der Waals surface area contributed by atoms with Crippen molar-refractivity contribution in [2.45, 2.75) is 60.1 Å². The number of hydrogen-bond acceptors (Lipinski definition) is 3. The van der Waals surface area contributed by atoms with Crippen molar-refractivity contribution < 1.29 is 14.3 Å². The van der Waals surface area contributed by atoms with Crippen molar-refractivity contribution in [3.05, 3.63) is 71.8 Å². The fourth-order valence-corrected chi connectivity index (χ4v) is 2.93. The van der Waals surface area contributed by atoms with Gasteiger partial charge in [-0.2, -0.15) is 0 Å². The van der Waals surface area contributed by atoms with Crippen LogP contribution in [0, 0.1) is 11.8 Å². The number of carbonyl (C=O) groups is 2. The second kappa shape index (κ2) is 17.1. The van der Waals surface area contributed by atoms with E-state index in [1.165, 1.54) is 12.0 Å². The van der Waals surface area contributed by atoms with Gasteiger partial charge in [0.05, 0.1) is 0 Å². The minimum atomic E-state index is -0.378. The van der Waals surface area contributed by atoms with Crippen LogP contribution in [0.4, 0.5) is 4.79 Å². The average molecular weight is 415 g/mol. The van der Waals surface area contributed by atoms with Crippen molar-refractivity contribution in [1.29, 1.82) is 0 Å². The first-order chi connectivity index (χ1) is 14.3. The SMILES string of the molecule is CC(C)CC(C)C.CC(Cc1ccccc1)NC(=O)OCc1ccccc1.NC=O. The average Bonchev–Trinajstić information content (AvgIpc) is 2.68. The first-order valence-corrected chi connectivity index (χ1v) is 10.4. The summed E-state index contributed by atoms with van der Waals surface area (Å²) in [5.74, 6) is 1.75. The van der Waals surface area contributed by atoms with Gasteiger partial charge in [0.1, 0.15) is 6.61 Å². The van der Waals surface area contributed by atoms with Gasteiger partial charge in [0, 0.05) is 6.04 Å². The number of alkyl carbamates (subject to hydrolysis) is 1. The molecule has 0 fully saturated rings. The van der Waals surface area contributed by atoms with E-state index >= 15 is 0 Å². The summed E-state index contributed by atoms with van der Waals surface area (Å²) >= 11 is 0. The van der Waals surface area contributed by atoms with Crippen LogP contribution in [0.5, 0.6) is 0 Å². The third-order valence-corrected chi connectivity index (χ3v) is 3.90. The van der Waals surface area contributed by atoms with Crippen LogP contribution in [0.15, 0.2) is 60.7 Å². The summed E-state index contributed by atoms with van der Waals surface area (Å²) in [7, 11) is 0. The number of hydrogen-bond donors (Lipinski definition) is 2. The first kappa shape index (κ1) is 27.2. The number of ether oxygens (including phenoxy) is 1. The van der Waals surface area contributed by atoms with E-state index in [-0.39, 0.29) is 18.5 Å². The molecule has 2 rings (SSSR count). The molecule has 5 nitrogen and oxygen atoms in total. The molecule has 1 unspecified atom stereocenters. The van der Waals surface area contributed by atoms with E-state index in [4.69, 9.17) is 9.53 Å². The molecule has 2 aromatic carbocycles. The van der Waals surface area contributed by atoms with Crippen molar-refractivity contribution in [2.24, 2.45) is 17.6 Å². The maximum Gasteiger partial charge on any atom is 0.407 e. The molecule has 2 amide bonds. The fraction of sp³-hybridized carbons (Fsp3) is 0.440. The molecule has 0 heterocycles. The highest BCUT2D eigenvalue weighted by Gasteiger charge is 2.09. The van der Waals surface area contributed by atoms with Gasteiger partial charge in [0.15, 0.2) is 0 Å². The third-order valence-electron chi connectivity index (χ3n) is 3.90. The Labute approximate surface area is 182 Å². The zero-order valence-electron chi connectivity index (χ0n) is 19.0. The van der Waals surface area contributed by atoms with Crippen LogP contribution in [0.1, 0.15) is 52.2 Å². The molecule has 0 aliphatic carbocycles. The number of nitrogens with two attached hydrogens (primary N) is 1. The molecule has 166 valence electrons. The maximum atomic E-state index is 11.7. The molecular formula is C25H38N2O3. The summed E-state index contributed by atoms with van der Waals surface area (Å²) in [6.45, 7) is 11.3. The second-order valence-electron chi connectivity index (χ2n) is 7.96. The molecule has 2 aromatic rings. The second-order valence-corrected chi connectivity index (χ2v) is 7.96. The lowest BCUT2D eigenvalue weighted by molar-refractivity contribution is -0.106. The molecule has 0 aliphatic heterocycles. The lowest BCUT2D eigenvalue weighted by Crippen LogP contribution is -2.34. The van der Waals surface area contributed by atoms with E-state index in [2.05, 4.69) is 38.7 Å². The van der Waals surface area contributed by atoms with E-state index in [9.17, 15) is 4.79 Å². The minimum absolute atomic E-state index is 0.0423. The van der Waals surface area contributed by atoms with Crippen molar-refractivity contribution in [3.8, 4) is 0 Å². The lowest BCUT2D eigenvalue weighted by Gasteiger charge is -2.14. The summed E-state index contributed by atoms with van der Waals surface area (Å²) in [5.41, 5.74) is 6.35. The largest absolute Gasteiger partial charge is 0.445 e. The van der Waals surface area contributed by atoms with Crippen LogP contribution in [0.3, 0.4) is 0 Å². The third kappa shape index (κ3) is 16.2. The first-order valence-electron chi connectivity index (χ1n) is 10.4. The topological polar surface area (TPSA) is 81.4 Å². The molecule has 0 saturated heterocycles. The quantitative estimate of drug-likeness (QED) is 0.601. The van der Waals surface area contributed by atoms with Gasteiger partial charge in [-0.15, -0.1) is 0 Å². The number of amides is 2. The molecule has 0 saturated carbocycles. The Hall–Kier alpha value is -2.82. The Morgan fingerprint density at radius 1 is 0.900 bits per heavy atom. The van der Waals surface area contributed by atoms with Gasteiger partial charge in [-0.1, -0.05) is 88.4 Å². The summed E-state index contributed by atoms with van der Waals surface area (Å²) in [6, 6.07) is 19.8. The summed E-state index contributed by atoms with van der Waals surface area (Å²) < 4.78 is 5.19. The Morgan fingerprint density at radius 3 is 1.73 bits per heavy atom. The molecule has 1 atom stereocenters. The summed E-state index contributed by atoms with van der Waals surface area (Å²) in [4.78, 5) is 20.3. The molecular weight excluding hydrogens is 376 g/mol. The van der Waals surface area contributed by atoms with Crippen molar-refractivity contribution in [3.63, 3.8) is 0 Å². The standard InChI is InChI=1S/C17H19NO2.C7H16.CH3NO/c1-14(12-15-8-4-2-5-9-15)18-17(19)20-13-16-10-6-3-7-11-16;1-6(2)5-7(3)4;2-1-3/h2-11,14H,12-13H2,1H3,(H,18,19);6-7H,5H2,1-4H3;1H,(H2,2,3). The predicted molar refractivity (Wildman–Crippen MR) is 124 cm³/mol. The fourth-order valence-electron chi connectivity index (χ4n) is 2.93. The molecule has 3 N–H and O–H groups in total. The number of rotatable bonds is 7. The molecule has 0 spiro atoms. The van der Waals surface area contributed by atoms with E-state index in [0.29, 0.717) is 6.61 Å². The zero-order valence-corrected chi connectivity index (χ0v) is 19.0. The predicted octanol–water partition coefficient (Wildman–Crippen LogP) is 5.33. The highest BCUT2D eigenvalue weighted by molar-refractivity contribution is 5.67. The van der Waals surface area contributed by atoms with Crippen molar-refractivity contribution >= 4 is 12.5 Å². The number of nitrogens with one attached hydrogen (secondary N) is 1. The van der Waals surface area contributed by atoms with Gasteiger partial charge in [-0.25, -0.2) is 4.79 Å². The van der Waals surface area contributed by atoms with Gasteiger partial charge >= 0.3 is 6.09 Å². The molecule has 5 heteroatoms. The van der Waals surface area contributed by atoms with E-state index in [0.717, 1.165) is 23.8 Å². The number of benzene rings is 2. The van der Waals surface area contributed by atoms with E-state index in [1.807, 2.05) is 67.6 Å². The number of primary amides is 1. The van der Waals surface area contributed by atoms with E-state index < -0.39 is 0 Å². The summed E-state index contributed by atoms with van der Waals surface area (Å²) in [6.07, 6.45) is 2.03. The smallest absolute Gasteiger partial charge is 0.407 e. The van der Waals surface area contributed by atoms with Crippen LogP contribution >= 0.6 is 0 Å². The molecule has 0 aliphatic rings. The van der Waals surface area contributed by atoms with Crippen LogP contribution in [0.25, 0.3) is 0 Å². The lowest BCUT2D eigenvalue weighted by atomic mass is 10.0. The Morgan fingerprint density at radius 2 is 1.33 bits per heavy atom. The van der Waals surface area contributed by atoms with Crippen LogP contribution < -0.4 is 11.1 Å². The van der Waals surface area contributed by atoms with E-state index in [1.54, 1.807) is 0 Å². The van der Waals surface area contributed by atoms with Gasteiger partial charge in [-0.05, 0) is 42.7 Å². The van der Waals surface area contributed by atoms with Crippen LogP contribution in [-0.2, 0) is 22.6 Å². The highest BCUT2D eigenvalue weighted by Crippen LogP contribution is 2.08. The molecule has 0 radical (unpaired) electrons. The Balaban J connectivity index is 0.000000706. The monoisotopic (exact) mass is 414 g/mol. The van der Waals surface area contributed by atoms with Crippen LogP contribution in [0.2, 0.25) is 0 Å². The van der Waals surface area contributed by atoms with Gasteiger partial charge < -0.3 is 15.8 Å². The van der Waals surface area contributed by atoms with Crippen molar-refractivity contribution in [2.75, 3.05) is 0 Å². The molecule has 0 aromatic heterocycles. The van der Waals surface area contributed by atoms with Crippen LogP contribution in [-0.4, -0.2) is 18.5 Å². The zero-order chi connectivity index (χ0) is 22.8. The summed E-state index contributed by atoms with van der Waals surface area (Å²) in [5, 5.41) is 2.84. The Bertz CT molecular complexity index is 667. The highest BCUT2D eigenvalue weighted by atomic mass is 16.5. The van der Waals surface area contributed by atoms with Gasteiger partial charge in [0.25, 0.3) is 0 Å². The van der Waals surface area contributed by atoms with Gasteiger partial charge in [0.2, 0.25) is 6.41 Å². The number of carbonyl (C=O) groups excluding carboxylic acids is 2. The molecule has 30 heavy (non-hydrogen) atoms. The van der Waals surface area contributed by atoms with Gasteiger partial charge in [-0.3, -0.25) is 4.79 Å². The normalized spacial score (nSPS) is 10.8. The maximum absolute atomic E-state index is 11.7.